The number of hydrogen-bond acceptors (Lipinski definition) is 3. The maximum atomic E-state index is 13.8. The molecule has 2 aromatic rings. The van der Waals surface area contributed by atoms with Gasteiger partial charge in [-0.15, -0.1) is 0 Å². The SMILES string of the molecule is O=C(NC1(C(F)(F)F)NC(=O)N(c2cccc(Cl)c2)C1=O)c1ccc(Cl)cc1. The zero-order valence-corrected chi connectivity index (χ0v) is 15.2. The summed E-state index contributed by atoms with van der Waals surface area (Å²) in [5.74, 6) is -2.94. The third-order valence-electron chi connectivity index (χ3n) is 3.92. The van der Waals surface area contributed by atoms with Crippen molar-refractivity contribution in [3.05, 3.63) is 64.1 Å². The maximum absolute atomic E-state index is 13.8. The first-order chi connectivity index (χ1) is 13.0. The normalized spacial score (nSPS) is 19.5. The van der Waals surface area contributed by atoms with Gasteiger partial charge in [-0.3, -0.25) is 14.9 Å². The standard InChI is InChI=1S/C17H10Cl2F3N3O3/c18-10-6-4-9(5-7-10)13(26)23-16(17(20,21)22)14(27)25(15(28)24-16)12-3-1-2-11(19)8-12/h1-8H,(H,23,26)(H,24,28). The molecule has 3 rings (SSSR count). The third kappa shape index (κ3) is 3.38. The van der Waals surface area contributed by atoms with E-state index < -0.39 is 29.7 Å². The molecule has 0 spiro atoms. The van der Waals surface area contributed by atoms with Gasteiger partial charge in [-0.25, -0.2) is 9.69 Å². The molecule has 1 fully saturated rings. The average Bonchev–Trinajstić information content (AvgIpc) is 2.86. The number of anilines is 1. The Morgan fingerprint density at radius 1 is 1.04 bits per heavy atom. The molecule has 1 saturated heterocycles. The van der Waals surface area contributed by atoms with Gasteiger partial charge in [0.1, 0.15) is 0 Å². The van der Waals surface area contributed by atoms with Gasteiger partial charge in [0.05, 0.1) is 5.69 Å². The van der Waals surface area contributed by atoms with E-state index in [0.29, 0.717) is 0 Å². The van der Waals surface area contributed by atoms with Gasteiger partial charge < -0.3 is 5.32 Å². The minimum absolute atomic E-state index is 0.104. The van der Waals surface area contributed by atoms with Crippen molar-refractivity contribution in [1.82, 2.24) is 10.6 Å². The number of halogens is 5. The zero-order valence-electron chi connectivity index (χ0n) is 13.7. The van der Waals surface area contributed by atoms with Gasteiger partial charge in [-0.05, 0) is 42.5 Å². The van der Waals surface area contributed by atoms with E-state index in [0.717, 1.165) is 6.07 Å². The Hall–Kier alpha value is -2.78. The molecule has 1 atom stereocenters. The highest BCUT2D eigenvalue weighted by Crippen LogP contribution is 2.36. The lowest BCUT2D eigenvalue weighted by atomic mass is 10.1. The summed E-state index contributed by atoms with van der Waals surface area (Å²) in [6, 6.07) is 8.74. The van der Waals surface area contributed by atoms with Crippen molar-refractivity contribution in [3.63, 3.8) is 0 Å². The summed E-state index contributed by atoms with van der Waals surface area (Å²) in [5.41, 5.74) is -4.00. The van der Waals surface area contributed by atoms with Crippen molar-refractivity contribution in [1.29, 1.82) is 0 Å². The van der Waals surface area contributed by atoms with E-state index in [1.165, 1.54) is 42.5 Å². The fraction of sp³-hybridized carbons (Fsp3) is 0.118. The van der Waals surface area contributed by atoms with Gasteiger partial charge in [0.15, 0.2) is 0 Å². The van der Waals surface area contributed by atoms with Crippen LogP contribution in [0.4, 0.5) is 23.7 Å². The number of imide groups is 1. The topological polar surface area (TPSA) is 78.5 Å². The second-order valence-electron chi connectivity index (χ2n) is 5.76. The minimum atomic E-state index is -5.32. The molecule has 11 heteroatoms. The fourth-order valence-electron chi connectivity index (χ4n) is 2.57. The van der Waals surface area contributed by atoms with Crippen LogP contribution in [-0.2, 0) is 4.79 Å². The van der Waals surface area contributed by atoms with Crippen molar-refractivity contribution >= 4 is 46.7 Å². The summed E-state index contributed by atoms with van der Waals surface area (Å²) in [6.07, 6.45) is -5.32. The second-order valence-corrected chi connectivity index (χ2v) is 6.63. The molecule has 0 aliphatic carbocycles. The molecule has 0 aromatic heterocycles. The molecule has 1 unspecified atom stereocenters. The molecular weight excluding hydrogens is 422 g/mol. The number of alkyl halides is 3. The molecule has 0 radical (unpaired) electrons. The van der Waals surface area contributed by atoms with Gasteiger partial charge in [0.25, 0.3) is 17.5 Å². The van der Waals surface area contributed by atoms with Crippen molar-refractivity contribution < 1.29 is 27.6 Å². The Morgan fingerprint density at radius 3 is 2.25 bits per heavy atom. The van der Waals surface area contributed by atoms with Crippen molar-refractivity contribution in [2.45, 2.75) is 11.8 Å². The first-order valence-corrected chi connectivity index (χ1v) is 8.38. The van der Waals surface area contributed by atoms with Crippen LogP contribution in [-0.4, -0.2) is 29.7 Å². The number of nitrogens with zero attached hydrogens (tertiary/aromatic N) is 1. The van der Waals surface area contributed by atoms with Crippen LogP contribution in [0.2, 0.25) is 10.0 Å². The molecule has 4 amide bonds. The number of urea groups is 1. The Morgan fingerprint density at radius 2 is 1.68 bits per heavy atom. The van der Waals surface area contributed by atoms with E-state index in [1.54, 1.807) is 10.6 Å². The van der Waals surface area contributed by atoms with Crippen LogP contribution in [0.1, 0.15) is 10.4 Å². The summed E-state index contributed by atoms with van der Waals surface area (Å²) in [5, 5.41) is 3.52. The molecule has 2 N–H and O–H groups in total. The average molecular weight is 432 g/mol. The summed E-state index contributed by atoms with van der Waals surface area (Å²) < 4.78 is 41.5. The van der Waals surface area contributed by atoms with Crippen molar-refractivity contribution in [2.75, 3.05) is 4.90 Å². The fourth-order valence-corrected chi connectivity index (χ4v) is 2.88. The first kappa shape index (κ1) is 20.0. The predicted octanol–water partition coefficient (Wildman–Crippen LogP) is 3.74. The van der Waals surface area contributed by atoms with Crippen LogP contribution < -0.4 is 15.5 Å². The number of amides is 4. The van der Waals surface area contributed by atoms with Gasteiger partial charge in [-0.1, -0.05) is 29.3 Å². The number of carbonyl (C=O) groups excluding carboxylic acids is 3. The monoisotopic (exact) mass is 431 g/mol. The van der Waals surface area contributed by atoms with Crippen molar-refractivity contribution in [2.24, 2.45) is 0 Å². The van der Waals surface area contributed by atoms with Crippen LogP contribution in [0.15, 0.2) is 48.5 Å². The van der Waals surface area contributed by atoms with Crippen LogP contribution >= 0.6 is 23.2 Å². The lowest BCUT2D eigenvalue weighted by Gasteiger charge is -2.29. The zero-order chi connectivity index (χ0) is 20.7. The lowest BCUT2D eigenvalue weighted by molar-refractivity contribution is -0.197. The quantitative estimate of drug-likeness (QED) is 0.726. The molecule has 0 bridgehead atoms. The molecule has 28 heavy (non-hydrogen) atoms. The molecule has 2 aromatic carbocycles. The van der Waals surface area contributed by atoms with Gasteiger partial charge in [0.2, 0.25) is 0 Å². The highest BCUT2D eigenvalue weighted by atomic mass is 35.5. The van der Waals surface area contributed by atoms with Crippen LogP contribution in [0.3, 0.4) is 0 Å². The molecule has 0 saturated carbocycles. The first-order valence-electron chi connectivity index (χ1n) is 7.62. The van der Waals surface area contributed by atoms with E-state index in [-0.39, 0.29) is 26.2 Å². The Balaban J connectivity index is 2.00. The van der Waals surface area contributed by atoms with E-state index >= 15 is 0 Å². The highest BCUT2D eigenvalue weighted by molar-refractivity contribution is 6.32. The van der Waals surface area contributed by atoms with Crippen LogP contribution in [0, 0.1) is 0 Å². The van der Waals surface area contributed by atoms with E-state index in [2.05, 4.69) is 0 Å². The second kappa shape index (κ2) is 6.99. The molecule has 146 valence electrons. The van der Waals surface area contributed by atoms with Gasteiger partial charge in [0, 0.05) is 15.6 Å². The Labute approximate surface area is 166 Å². The Kier molecular flexibility index (Phi) is 4.99. The Bertz CT molecular complexity index is 966. The molecule has 1 heterocycles. The molecule has 1 aliphatic heterocycles. The summed E-state index contributed by atoms with van der Waals surface area (Å²) in [6.45, 7) is 0. The number of hydrogen-bond donors (Lipinski definition) is 2. The molecular formula is C17H10Cl2F3N3O3. The number of rotatable bonds is 3. The van der Waals surface area contributed by atoms with Crippen LogP contribution in [0.5, 0.6) is 0 Å². The van der Waals surface area contributed by atoms with E-state index in [4.69, 9.17) is 23.2 Å². The molecule has 1 aliphatic rings. The highest BCUT2D eigenvalue weighted by Gasteiger charge is 2.69. The third-order valence-corrected chi connectivity index (χ3v) is 4.41. The van der Waals surface area contributed by atoms with E-state index in [1.807, 2.05) is 0 Å². The van der Waals surface area contributed by atoms with Crippen molar-refractivity contribution in [3.8, 4) is 0 Å². The van der Waals surface area contributed by atoms with Gasteiger partial charge >= 0.3 is 12.2 Å². The largest absolute Gasteiger partial charge is 0.440 e. The minimum Gasteiger partial charge on any atom is -0.314 e. The maximum Gasteiger partial charge on any atom is 0.440 e. The number of nitrogens with one attached hydrogen (secondary N) is 2. The summed E-state index contributed by atoms with van der Waals surface area (Å²) >= 11 is 11.5. The number of carbonyl (C=O) groups is 3. The number of benzene rings is 2. The smallest absolute Gasteiger partial charge is 0.314 e. The molecule has 6 nitrogen and oxygen atoms in total. The lowest BCUT2D eigenvalue weighted by Crippen LogP contribution is -2.69. The van der Waals surface area contributed by atoms with Gasteiger partial charge in [-0.2, -0.15) is 13.2 Å². The van der Waals surface area contributed by atoms with E-state index in [9.17, 15) is 27.6 Å². The van der Waals surface area contributed by atoms with Crippen LogP contribution in [0.25, 0.3) is 0 Å². The predicted molar refractivity (Wildman–Crippen MR) is 95.2 cm³/mol. The summed E-state index contributed by atoms with van der Waals surface area (Å²) in [7, 11) is 0. The summed E-state index contributed by atoms with van der Waals surface area (Å²) in [4.78, 5) is 37.4.